The standard InChI is InChI=1S/C13H16N4/c1-9-2-7-12-15-16-13(17(12)8-9)10-3-5-11(14)6-4-10/h3-6,9H,2,7-8,14H2,1H3. The number of fused-ring (bicyclic) bond motifs is 1. The molecule has 1 aliphatic heterocycles. The van der Waals surface area contributed by atoms with Gasteiger partial charge in [0.2, 0.25) is 0 Å². The quantitative estimate of drug-likeness (QED) is 0.760. The molecule has 0 amide bonds. The van der Waals surface area contributed by atoms with Crippen LogP contribution in [0.4, 0.5) is 5.69 Å². The minimum atomic E-state index is 0.700. The summed E-state index contributed by atoms with van der Waals surface area (Å²) in [5.74, 6) is 2.77. The zero-order chi connectivity index (χ0) is 11.8. The first-order valence-corrected chi connectivity index (χ1v) is 6.02. The van der Waals surface area contributed by atoms with Crippen LogP contribution in [0.15, 0.2) is 24.3 Å². The van der Waals surface area contributed by atoms with Crippen LogP contribution in [0, 0.1) is 5.92 Å². The van der Waals surface area contributed by atoms with Crippen molar-refractivity contribution in [2.45, 2.75) is 26.3 Å². The molecule has 88 valence electrons. The van der Waals surface area contributed by atoms with Gasteiger partial charge in [-0.1, -0.05) is 6.92 Å². The van der Waals surface area contributed by atoms with Crippen molar-refractivity contribution in [3.8, 4) is 11.4 Å². The van der Waals surface area contributed by atoms with Gasteiger partial charge in [0.25, 0.3) is 0 Å². The molecule has 0 fully saturated rings. The number of nitrogen functional groups attached to an aromatic ring is 1. The van der Waals surface area contributed by atoms with E-state index in [2.05, 4.69) is 21.7 Å². The molecule has 1 aromatic carbocycles. The number of nitrogens with zero attached hydrogens (tertiary/aromatic N) is 3. The Kier molecular flexibility index (Phi) is 2.35. The van der Waals surface area contributed by atoms with Crippen LogP contribution in [-0.2, 0) is 13.0 Å². The first-order chi connectivity index (χ1) is 8.24. The molecule has 0 saturated carbocycles. The van der Waals surface area contributed by atoms with Crippen LogP contribution in [0.3, 0.4) is 0 Å². The van der Waals surface area contributed by atoms with Gasteiger partial charge in [-0.15, -0.1) is 10.2 Å². The summed E-state index contributed by atoms with van der Waals surface area (Å²) in [5, 5.41) is 8.58. The van der Waals surface area contributed by atoms with E-state index in [1.165, 1.54) is 6.42 Å². The number of rotatable bonds is 1. The molecule has 0 radical (unpaired) electrons. The Labute approximate surface area is 100 Å². The zero-order valence-electron chi connectivity index (χ0n) is 9.93. The third-order valence-electron chi connectivity index (χ3n) is 3.35. The largest absolute Gasteiger partial charge is 0.399 e. The average Bonchev–Trinajstić information content (AvgIpc) is 2.73. The highest BCUT2D eigenvalue weighted by Gasteiger charge is 2.20. The van der Waals surface area contributed by atoms with Gasteiger partial charge in [0, 0.05) is 24.2 Å². The van der Waals surface area contributed by atoms with E-state index < -0.39 is 0 Å². The van der Waals surface area contributed by atoms with Gasteiger partial charge in [0.1, 0.15) is 5.82 Å². The minimum Gasteiger partial charge on any atom is -0.399 e. The molecule has 2 aromatic rings. The van der Waals surface area contributed by atoms with Crippen LogP contribution < -0.4 is 5.73 Å². The number of aromatic nitrogens is 3. The molecule has 2 N–H and O–H groups in total. The first-order valence-electron chi connectivity index (χ1n) is 6.02. The van der Waals surface area contributed by atoms with E-state index in [9.17, 15) is 0 Å². The number of benzene rings is 1. The summed E-state index contributed by atoms with van der Waals surface area (Å²) in [4.78, 5) is 0. The summed E-state index contributed by atoms with van der Waals surface area (Å²) in [7, 11) is 0. The highest BCUT2D eigenvalue weighted by Crippen LogP contribution is 2.25. The Morgan fingerprint density at radius 3 is 2.76 bits per heavy atom. The maximum Gasteiger partial charge on any atom is 0.163 e. The summed E-state index contributed by atoms with van der Waals surface area (Å²) >= 11 is 0. The molecule has 4 nitrogen and oxygen atoms in total. The molecule has 1 aromatic heterocycles. The second-order valence-corrected chi connectivity index (χ2v) is 4.82. The Hall–Kier alpha value is -1.84. The van der Waals surface area contributed by atoms with Crippen molar-refractivity contribution < 1.29 is 0 Å². The SMILES string of the molecule is CC1CCc2nnc(-c3ccc(N)cc3)n2C1. The van der Waals surface area contributed by atoms with E-state index in [4.69, 9.17) is 5.73 Å². The van der Waals surface area contributed by atoms with Gasteiger partial charge >= 0.3 is 0 Å². The molecular formula is C13H16N4. The predicted molar refractivity (Wildman–Crippen MR) is 67.4 cm³/mol. The van der Waals surface area contributed by atoms with Gasteiger partial charge in [-0.05, 0) is 36.6 Å². The lowest BCUT2D eigenvalue weighted by Crippen LogP contribution is -2.18. The van der Waals surface area contributed by atoms with Crippen LogP contribution in [0.2, 0.25) is 0 Å². The van der Waals surface area contributed by atoms with Crippen molar-refractivity contribution >= 4 is 5.69 Å². The molecule has 17 heavy (non-hydrogen) atoms. The Morgan fingerprint density at radius 2 is 2.00 bits per heavy atom. The van der Waals surface area contributed by atoms with Gasteiger partial charge < -0.3 is 10.3 Å². The highest BCUT2D eigenvalue weighted by atomic mass is 15.3. The maximum absolute atomic E-state index is 5.70. The summed E-state index contributed by atoms with van der Waals surface area (Å²) < 4.78 is 2.24. The van der Waals surface area contributed by atoms with Gasteiger partial charge in [-0.25, -0.2) is 0 Å². The number of aryl methyl sites for hydroxylation is 1. The Morgan fingerprint density at radius 1 is 1.24 bits per heavy atom. The molecule has 1 aliphatic rings. The molecule has 0 spiro atoms. The lowest BCUT2D eigenvalue weighted by atomic mass is 10.0. The van der Waals surface area contributed by atoms with Crippen LogP contribution in [-0.4, -0.2) is 14.8 Å². The monoisotopic (exact) mass is 228 g/mol. The molecule has 0 bridgehead atoms. The van der Waals surface area contributed by atoms with Crippen LogP contribution in [0.5, 0.6) is 0 Å². The van der Waals surface area contributed by atoms with Gasteiger partial charge in [-0.3, -0.25) is 0 Å². The second kappa shape index (κ2) is 3.87. The molecule has 0 aliphatic carbocycles. The van der Waals surface area contributed by atoms with Crippen molar-refractivity contribution in [1.82, 2.24) is 14.8 Å². The average molecular weight is 228 g/mol. The Balaban J connectivity index is 2.04. The summed E-state index contributed by atoms with van der Waals surface area (Å²) in [6, 6.07) is 7.82. The molecular weight excluding hydrogens is 212 g/mol. The van der Waals surface area contributed by atoms with E-state index in [0.29, 0.717) is 5.92 Å². The van der Waals surface area contributed by atoms with Gasteiger partial charge in [0.15, 0.2) is 5.82 Å². The number of anilines is 1. The van der Waals surface area contributed by atoms with Gasteiger partial charge in [0.05, 0.1) is 0 Å². The highest BCUT2D eigenvalue weighted by molar-refractivity contribution is 5.59. The van der Waals surface area contributed by atoms with Crippen LogP contribution >= 0.6 is 0 Å². The Bertz CT molecular complexity index is 527. The second-order valence-electron chi connectivity index (χ2n) is 4.82. The first kappa shape index (κ1) is 10.3. The molecule has 0 saturated heterocycles. The maximum atomic E-state index is 5.70. The number of hydrogen-bond donors (Lipinski definition) is 1. The van der Waals surface area contributed by atoms with Crippen molar-refractivity contribution in [2.24, 2.45) is 5.92 Å². The fraction of sp³-hybridized carbons (Fsp3) is 0.385. The van der Waals surface area contributed by atoms with Gasteiger partial charge in [-0.2, -0.15) is 0 Å². The summed E-state index contributed by atoms with van der Waals surface area (Å²) in [5.41, 5.74) is 7.57. The molecule has 1 atom stereocenters. The fourth-order valence-electron chi connectivity index (χ4n) is 2.34. The number of hydrogen-bond acceptors (Lipinski definition) is 3. The van der Waals surface area contributed by atoms with Crippen molar-refractivity contribution in [3.63, 3.8) is 0 Å². The van der Waals surface area contributed by atoms with E-state index in [1.807, 2.05) is 24.3 Å². The minimum absolute atomic E-state index is 0.700. The third kappa shape index (κ3) is 1.79. The molecule has 3 rings (SSSR count). The van der Waals surface area contributed by atoms with Crippen LogP contribution in [0.25, 0.3) is 11.4 Å². The van der Waals surface area contributed by atoms with E-state index in [0.717, 1.165) is 35.9 Å². The van der Waals surface area contributed by atoms with Crippen molar-refractivity contribution in [3.05, 3.63) is 30.1 Å². The normalized spacial score (nSPS) is 19.0. The van der Waals surface area contributed by atoms with E-state index in [-0.39, 0.29) is 0 Å². The van der Waals surface area contributed by atoms with Crippen molar-refractivity contribution in [2.75, 3.05) is 5.73 Å². The summed E-state index contributed by atoms with van der Waals surface area (Å²) in [6.07, 6.45) is 2.24. The third-order valence-corrected chi connectivity index (χ3v) is 3.35. The van der Waals surface area contributed by atoms with E-state index >= 15 is 0 Å². The van der Waals surface area contributed by atoms with Crippen molar-refractivity contribution in [1.29, 1.82) is 0 Å². The smallest absolute Gasteiger partial charge is 0.163 e. The molecule has 1 unspecified atom stereocenters. The lowest BCUT2D eigenvalue weighted by molar-refractivity contribution is 0.396. The van der Waals surface area contributed by atoms with Crippen LogP contribution in [0.1, 0.15) is 19.2 Å². The predicted octanol–water partition coefficient (Wildman–Crippen LogP) is 2.11. The lowest BCUT2D eigenvalue weighted by Gasteiger charge is -2.20. The number of nitrogens with two attached hydrogens (primary N) is 1. The summed E-state index contributed by atoms with van der Waals surface area (Å²) in [6.45, 7) is 3.29. The fourth-order valence-corrected chi connectivity index (χ4v) is 2.34. The topological polar surface area (TPSA) is 56.7 Å². The molecule has 4 heteroatoms. The zero-order valence-corrected chi connectivity index (χ0v) is 9.93. The van der Waals surface area contributed by atoms with E-state index in [1.54, 1.807) is 0 Å². The molecule has 2 heterocycles.